The van der Waals surface area contributed by atoms with Crippen molar-refractivity contribution in [1.29, 1.82) is 0 Å². The van der Waals surface area contributed by atoms with Crippen LogP contribution in [-0.2, 0) is 6.42 Å². The van der Waals surface area contributed by atoms with Crippen molar-refractivity contribution in [3.8, 4) is 0 Å². The molecule has 0 saturated carbocycles. The Bertz CT molecular complexity index is 599. The lowest BCUT2D eigenvalue weighted by Gasteiger charge is -2.28. The summed E-state index contributed by atoms with van der Waals surface area (Å²) >= 11 is 0. The van der Waals surface area contributed by atoms with Crippen molar-refractivity contribution >= 4 is 16.9 Å². The molecule has 3 rings (SSSR count). The van der Waals surface area contributed by atoms with Crippen LogP contribution in [0.4, 0.5) is 5.82 Å². The largest absolute Gasteiger partial charge is 0.382 e. The average molecular weight is 245 g/mol. The lowest BCUT2D eigenvalue weighted by Crippen LogP contribution is -2.20. The van der Waals surface area contributed by atoms with Gasteiger partial charge in [-0.1, -0.05) is 13.8 Å². The third-order valence-corrected chi connectivity index (χ3v) is 3.96. The molecule has 1 aliphatic carbocycles. The van der Waals surface area contributed by atoms with E-state index in [1.807, 2.05) is 0 Å². The number of aromatic nitrogens is 3. The van der Waals surface area contributed by atoms with Crippen LogP contribution >= 0.6 is 0 Å². The van der Waals surface area contributed by atoms with E-state index in [-0.39, 0.29) is 0 Å². The molecule has 2 aromatic rings. The van der Waals surface area contributed by atoms with Crippen LogP contribution in [0.15, 0.2) is 6.33 Å². The van der Waals surface area contributed by atoms with E-state index in [1.54, 1.807) is 11.0 Å². The van der Waals surface area contributed by atoms with Gasteiger partial charge < -0.3 is 11.6 Å². The van der Waals surface area contributed by atoms with Gasteiger partial charge in [0.15, 0.2) is 5.82 Å². The monoisotopic (exact) mass is 245 g/mol. The van der Waals surface area contributed by atoms with Gasteiger partial charge in [0.25, 0.3) is 0 Å². The second-order valence-electron chi connectivity index (χ2n) is 5.45. The number of nitrogens with two attached hydrogens (primary N) is 2. The first kappa shape index (κ1) is 11.3. The maximum absolute atomic E-state index is 6.00. The Morgan fingerprint density at radius 1 is 1.44 bits per heavy atom. The van der Waals surface area contributed by atoms with E-state index in [0.29, 0.717) is 17.7 Å². The highest BCUT2D eigenvalue weighted by molar-refractivity contribution is 5.89. The van der Waals surface area contributed by atoms with Crippen LogP contribution in [0, 0.1) is 5.92 Å². The molecule has 96 valence electrons. The van der Waals surface area contributed by atoms with Gasteiger partial charge in [-0.2, -0.15) is 0 Å². The van der Waals surface area contributed by atoms with Crippen molar-refractivity contribution in [1.82, 2.24) is 14.6 Å². The number of hydrogen-bond acceptors (Lipinski definition) is 4. The van der Waals surface area contributed by atoms with Gasteiger partial charge in [0.05, 0.1) is 5.52 Å². The Morgan fingerprint density at radius 2 is 2.22 bits per heavy atom. The molecule has 0 radical (unpaired) electrons. The lowest BCUT2D eigenvalue weighted by molar-refractivity contribution is 0.432. The fourth-order valence-corrected chi connectivity index (χ4v) is 3.09. The summed E-state index contributed by atoms with van der Waals surface area (Å²) in [7, 11) is 0. The summed E-state index contributed by atoms with van der Waals surface area (Å²) < 4.78 is 1.59. The second kappa shape index (κ2) is 3.86. The first-order valence-corrected chi connectivity index (χ1v) is 6.50. The van der Waals surface area contributed by atoms with Crippen molar-refractivity contribution in [3.63, 3.8) is 0 Å². The quantitative estimate of drug-likeness (QED) is 0.750. The normalized spacial score (nSPS) is 19.4. The summed E-state index contributed by atoms with van der Waals surface area (Å²) in [6.07, 6.45) is 4.97. The fraction of sp³-hybridized carbons (Fsp3) is 0.538. The number of nitrogen functional groups attached to an aromatic ring is 2. The smallest absolute Gasteiger partial charge is 0.151 e. The highest BCUT2D eigenvalue weighted by Gasteiger charge is 2.28. The van der Waals surface area contributed by atoms with E-state index < -0.39 is 0 Å². The topological polar surface area (TPSA) is 82.8 Å². The number of nitrogens with zero attached hydrogens (tertiary/aromatic N) is 3. The molecule has 0 bridgehead atoms. The molecular formula is C13H19N5. The third kappa shape index (κ3) is 1.46. The van der Waals surface area contributed by atoms with Gasteiger partial charge in [0.2, 0.25) is 0 Å². The molecule has 5 heteroatoms. The first-order chi connectivity index (χ1) is 8.59. The fourth-order valence-electron chi connectivity index (χ4n) is 3.09. The minimum Gasteiger partial charge on any atom is -0.382 e. The molecule has 18 heavy (non-hydrogen) atoms. The molecule has 0 aliphatic heterocycles. The Kier molecular flexibility index (Phi) is 2.43. The van der Waals surface area contributed by atoms with Crippen LogP contribution in [0.2, 0.25) is 0 Å². The molecular weight excluding hydrogens is 226 g/mol. The van der Waals surface area contributed by atoms with Gasteiger partial charge in [0, 0.05) is 11.3 Å². The molecule has 2 heterocycles. The van der Waals surface area contributed by atoms with Crippen molar-refractivity contribution in [3.05, 3.63) is 17.6 Å². The van der Waals surface area contributed by atoms with Crippen LogP contribution in [0.3, 0.4) is 0 Å². The van der Waals surface area contributed by atoms with Crippen LogP contribution in [-0.4, -0.2) is 14.6 Å². The van der Waals surface area contributed by atoms with Crippen LogP contribution in [0.1, 0.15) is 43.9 Å². The number of fused-ring (bicyclic) bond motifs is 3. The van der Waals surface area contributed by atoms with E-state index >= 15 is 0 Å². The zero-order valence-electron chi connectivity index (χ0n) is 10.8. The molecule has 1 unspecified atom stereocenters. The Labute approximate surface area is 106 Å². The standard InChI is InChI=1S/C13H19N5/c1-7(2)8-4-3-5-9-10(8)12-11(13(14)17-9)16-6-18(12)15/h6-8H,3-5,15H2,1-2H3,(H2,14,17). The summed E-state index contributed by atoms with van der Waals surface area (Å²) in [5.74, 6) is 7.58. The van der Waals surface area contributed by atoms with Crippen molar-refractivity contribution in [2.45, 2.75) is 39.0 Å². The zero-order valence-corrected chi connectivity index (χ0v) is 10.8. The Balaban J connectivity index is 2.35. The zero-order chi connectivity index (χ0) is 12.9. The maximum atomic E-state index is 6.00. The summed E-state index contributed by atoms with van der Waals surface area (Å²) in [6, 6.07) is 0. The Hall–Kier alpha value is -1.78. The highest BCUT2D eigenvalue weighted by atomic mass is 15.3. The van der Waals surface area contributed by atoms with Crippen molar-refractivity contribution in [2.75, 3.05) is 11.6 Å². The van der Waals surface area contributed by atoms with Gasteiger partial charge in [0.1, 0.15) is 11.8 Å². The average Bonchev–Trinajstić information content (AvgIpc) is 2.71. The summed E-state index contributed by atoms with van der Waals surface area (Å²) in [6.45, 7) is 4.50. The molecule has 1 atom stereocenters. The number of aryl methyl sites for hydroxylation is 1. The molecule has 0 fully saturated rings. The lowest BCUT2D eigenvalue weighted by atomic mass is 9.78. The van der Waals surface area contributed by atoms with Gasteiger partial charge in [-0.25, -0.2) is 14.6 Å². The molecule has 0 aromatic carbocycles. The van der Waals surface area contributed by atoms with Crippen LogP contribution in [0.5, 0.6) is 0 Å². The van der Waals surface area contributed by atoms with Crippen molar-refractivity contribution in [2.24, 2.45) is 5.92 Å². The predicted molar refractivity (Wildman–Crippen MR) is 72.6 cm³/mol. The molecule has 0 spiro atoms. The summed E-state index contributed by atoms with van der Waals surface area (Å²) in [5.41, 5.74) is 10.1. The number of rotatable bonds is 1. The van der Waals surface area contributed by atoms with E-state index in [2.05, 4.69) is 23.8 Å². The molecule has 4 N–H and O–H groups in total. The van der Waals surface area contributed by atoms with Gasteiger partial charge in [-0.3, -0.25) is 0 Å². The Morgan fingerprint density at radius 3 is 2.94 bits per heavy atom. The maximum Gasteiger partial charge on any atom is 0.151 e. The predicted octanol–water partition coefficient (Wildman–Crippen LogP) is 1.80. The van der Waals surface area contributed by atoms with Crippen molar-refractivity contribution < 1.29 is 0 Å². The molecule has 5 nitrogen and oxygen atoms in total. The molecule has 1 aliphatic rings. The van der Waals surface area contributed by atoms with Crippen LogP contribution < -0.4 is 11.6 Å². The van der Waals surface area contributed by atoms with E-state index in [0.717, 1.165) is 23.1 Å². The number of anilines is 1. The number of hydrogen-bond donors (Lipinski definition) is 2. The van der Waals surface area contributed by atoms with E-state index in [9.17, 15) is 0 Å². The number of imidazole rings is 1. The number of pyridine rings is 1. The molecule has 0 saturated heterocycles. The van der Waals surface area contributed by atoms with E-state index in [1.165, 1.54) is 18.4 Å². The second-order valence-corrected chi connectivity index (χ2v) is 5.45. The van der Waals surface area contributed by atoms with E-state index in [4.69, 9.17) is 11.6 Å². The SMILES string of the molecule is CC(C)C1CCCc2nc(N)c3ncn(N)c3c21. The molecule has 2 aromatic heterocycles. The van der Waals surface area contributed by atoms with Gasteiger partial charge in [-0.05, 0) is 31.1 Å². The molecule has 0 amide bonds. The van der Waals surface area contributed by atoms with Gasteiger partial charge >= 0.3 is 0 Å². The minimum absolute atomic E-state index is 0.498. The summed E-state index contributed by atoms with van der Waals surface area (Å²) in [4.78, 5) is 8.80. The van der Waals surface area contributed by atoms with Crippen LogP contribution in [0.25, 0.3) is 11.0 Å². The highest BCUT2D eigenvalue weighted by Crippen LogP contribution is 2.40. The first-order valence-electron chi connectivity index (χ1n) is 6.50. The summed E-state index contributed by atoms with van der Waals surface area (Å²) in [5, 5.41) is 0. The van der Waals surface area contributed by atoms with Gasteiger partial charge in [-0.15, -0.1) is 0 Å². The third-order valence-electron chi connectivity index (χ3n) is 3.96. The minimum atomic E-state index is 0.498.